The Balaban J connectivity index is 2.07. The van der Waals surface area contributed by atoms with Gasteiger partial charge in [-0.15, -0.1) is 0 Å². The molecule has 0 radical (unpaired) electrons. The van der Waals surface area contributed by atoms with Gasteiger partial charge in [-0.05, 0) is 48.4 Å². The number of alkyl halides is 6. The second-order valence-corrected chi connectivity index (χ2v) is 10.3. The van der Waals surface area contributed by atoms with E-state index in [1.807, 2.05) is 0 Å². The molecule has 226 valence electrons. The molecule has 12 heteroatoms. The molecule has 0 saturated carbocycles. The van der Waals surface area contributed by atoms with Crippen LogP contribution in [-0.4, -0.2) is 24.2 Å². The molecule has 43 heavy (non-hydrogen) atoms. The lowest BCUT2D eigenvalue weighted by atomic mass is 9.78. The van der Waals surface area contributed by atoms with E-state index in [2.05, 4.69) is 10.3 Å². The van der Waals surface area contributed by atoms with Crippen molar-refractivity contribution in [2.75, 3.05) is 7.11 Å². The van der Waals surface area contributed by atoms with Crippen LogP contribution < -0.4 is 5.32 Å². The SMILES string of the molecule is CO[C@](C(=O)N[C@](Cc1cccc(C)c1)(c1cc(F)cc(C(F)(F)F)c1)c1ccc(Cl)cn1)(c1ccccc1)C(F)(F)F. The quantitative estimate of drug-likeness (QED) is 0.203. The fraction of sp³-hybridized carbons (Fsp3) is 0.226. The number of aryl methyl sites for hydroxylation is 1. The van der Waals surface area contributed by atoms with Crippen LogP contribution in [0.5, 0.6) is 0 Å². The molecule has 3 aromatic carbocycles. The first-order valence-corrected chi connectivity index (χ1v) is 13.1. The Kier molecular flexibility index (Phi) is 8.90. The number of rotatable bonds is 8. The van der Waals surface area contributed by atoms with Crippen LogP contribution >= 0.6 is 11.6 Å². The summed E-state index contributed by atoms with van der Waals surface area (Å²) in [4.78, 5) is 18.3. The Morgan fingerprint density at radius 1 is 0.860 bits per heavy atom. The van der Waals surface area contributed by atoms with E-state index >= 15 is 0 Å². The third-order valence-electron chi connectivity index (χ3n) is 6.97. The van der Waals surface area contributed by atoms with Gasteiger partial charge in [0.05, 0.1) is 16.3 Å². The Labute approximate surface area is 247 Å². The van der Waals surface area contributed by atoms with E-state index in [1.54, 1.807) is 31.2 Å². The first kappa shape index (κ1) is 32.0. The van der Waals surface area contributed by atoms with Crippen LogP contribution in [0.2, 0.25) is 5.02 Å². The lowest BCUT2D eigenvalue weighted by molar-refractivity contribution is -0.266. The van der Waals surface area contributed by atoms with Crippen LogP contribution in [0.4, 0.5) is 30.7 Å². The number of aromatic nitrogens is 1. The van der Waals surface area contributed by atoms with Crippen molar-refractivity contribution in [1.29, 1.82) is 0 Å². The number of methoxy groups -OCH3 is 1. The Hall–Kier alpha value is -3.96. The number of pyridine rings is 1. The predicted octanol–water partition coefficient (Wildman–Crippen LogP) is 7.91. The van der Waals surface area contributed by atoms with Crippen molar-refractivity contribution in [2.45, 2.75) is 36.8 Å². The lowest BCUT2D eigenvalue weighted by Gasteiger charge is -2.40. The zero-order valence-corrected chi connectivity index (χ0v) is 23.4. The molecular weight excluding hydrogens is 601 g/mol. The van der Waals surface area contributed by atoms with Crippen molar-refractivity contribution in [3.63, 3.8) is 0 Å². The van der Waals surface area contributed by atoms with Crippen molar-refractivity contribution >= 4 is 17.5 Å². The van der Waals surface area contributed by atoms with Crippen LogP contribution in [0.25, 0.3) is 0 Å². The minimum absolute atomic E-state index is 0.0978. The van der Waals surface area contributed by atoms with E-state index in [4.69, 9.17) is 16.3 Å². The van der Waals surface area contributed by atoms with Crippen molar-refractivity contribution in [3.05, 3.63) is 135 Å². The van der Waals surface area contributed by atoms with Crippen molar-refractivity contribution in [3.8, 4) is 0 Å². The van der Waals surface area contributed by atoms with Crippen molar-refractivity contribution < 1.29 is 40.3 Å². The van der Waals surface area contributed by atoms with E-state index in [0.29, 0.717) is 30.4 Å². The summed E-state index contributed by atoms with van der Waals surface area (Å²) in [6.45, 7) is 1.73. The van der Waals surface area contributed by atoms with E-state index in [0.717, 1.165) is 18.3 Å². The molecule has 1 amide bonds. The number of hydrogen-bond acceptors (Lipinski definition) is 3. The monoisotopic (exact) mass is 624 g/mol. The number of carbonyl (C=O) groups is 1. The Morgan fingerprint density at radius 3 is 2.09 bits per heavy atom. The lowest BCUT2D eigenvalue weighted by Crippen LogP contribution is -2.61. The van der Waals surface area contributed by atoms with Gasteiger partial charge in [0.15, 0.2) is 0 Å². The minimum atomic E-state index is -5.35. The number of hydrogen-bond donors (Lipinski definition) is 1. The summed E-state index contributed by atoms with van der Waals surface area (Å²) in [7, 11) is 0.687. The van der Waals surface area contributed by atoms with E-state index in [9.17, 15) is 35.5 Å². The van der Waals surface area contributed by atoms with Gasteiger partial charge >= 0.3 is 12.4 Å². The Bertz CT molecular complexity index is 1590. The van der Waals surface area contributed by atoms with Gasteiger partial charge in [-0.2, -0.15) is 26.3 Å². The predicted molar refractivity (Wildman–Crippen MR) is 146 cm³/mol. The number of nitrogens with zero attached hydrogens (tertiary/aromatic N) is 1. The normalized spacial score (nSPS) is 14.9. The van der Waals surface area contributed by atoms with E-state index < -0.39 is 58.3 Å². The molecular formula is C31H24ClF7N2O2. The molecule has 0 aliphatic rings. The number of ether oxygens (including phenoxy) is 1. The summed E-state index contributed by atoms with van der Waals surface area (Å²) in [5, 5.41) is 2.43. The summed E-state index contributed by atoms with van der Waals surface area (Å²) >= 11 is 6.01. The topological polar surface area (TPSA) is 51.2 Å². The molecule has 0 bridgehead atoms. The molecule has 0 unspecified atom stereocenters. The smallest absolute Gasteiger partial charge is 0.356 e. The molecule has 2 atom stereocenters. The molecule has 1 heterocycles. The van der Waals surface area contributed by atoms with Gasteiger partial charge in [0.1, 0.15) is 11.4 Å². The van der Waals surface area contributed by atoms with Crippen LogP contribution in [0.3, 0.4) is 0 Å². The van der Waals surface area contributed by atoms with Gasteiger partial charge in [0, 0.05) is 25.3 Å². The molecule has 4 aromatic rings. The zero-order valence-electron chi connectivity index (χ0n) is 22.7. The number of halogens is 8. The third-order valence-corrected chi connectivity index (χ3v) is 7.19. The highest BCUT2D eigenvalue weighted by Gasteiger charge is 2.64. The summed E-state index contributed by atoms with van der Waals surface area (Å²) in [5.74, 6) is -3.10. The van der Waals surface area contributed by atoms with Gasteiger partial charge in [-0.25, -0.2) is 4.39 Å². The van der Waals surface area contributed by atoms with E-state index in [1.165, 1.54) is 30.3 Å². The number of carbonyl (C=O) groups excluding carboxylic acids is 1. The molecule has 0 spiro atoms. The highest BCUT2D eigenvalue weighted by atomic mass is 35.5. The summed E-state index contributed by atoms with van der Waals surface area (Å²) < 4.78 is 106. The highest BCUT2D eigenvalue weighted by molar-refractivity contribution is 6.30. The molecule has 1 N–H and O–H groups in total. The maximum atomic E-state index is 14.9. The first-order valence-electron chi connectivity index (χ1n) is 12.7. The van der Waals surface area contributed by atoms with Gasteiger partial charge in [0.25, 0.3) is 11.5 Å². The van der Waals surface area contributed by atoms with Crippen LogP contribution in [0.15, 0.2) is 91.1 Å². The van der Waals surface area contributed by atoms with Crippen LogP contribution in [0.1, 0.15) is 33.5 Å². The summed E-state index contributed by atoms with van der Waals surface area (Å²) in [6.07, 6.45) is -9.70. The number of amides is 1. The van der Waals surface area contributed by atoms with Crippen molar-refractivity contribution in [2.24, 2.45) is 0 Å². The minimum Gasteiger partial charge on any atom is -0.356 e. The fourth-order valence-electron chi connectivity index (χ4n) is 4.98. The molecule has 4 rings (SSSR count). The summed E-state index contributed by atoms with van der Waals surface area (Å²) in [6, 6.07) is 16.7. The number of nitrogens with one attached hydrogen (secondary N) is 1. The van der Waals surface area contributed by atoms with Crippen LogP contribution in [-0.2, 0) is 33.3 Å². The molecule has 0 fully saturated rings. The maximum absolute atomic E-state index is 14.9. The first-order chi connectivity index (χ1) is 20.1. The summed E-state index contributed by atoms with van der Waals surface area (Å²) in [5.41, 5.74) is -7.52. The average Bonchev–Trinajstić information content (AvgIpc) is 2.93. The van der Waals surface area contributed by atoms with Crippen LogP contribution in [0, 0.1) is 12.7 Å². The molecule has 0 aliphatic heterocycles. The Morgan fingerprint density at radius 2 is 1.53 bits per heavy atom. The third kappa shape index (κ3) is 6.37. The number of benzene rings is 3. The van der Waals surface area contributed by atoms with Gasteiger partial charge in [-0.3, -0.25) is 9.78 Å². The molecule has 0 aliphatic carbocycles. The standard InChI is InChI=1S/C31H24ClF7N2O2/c1-19-7-6-8-20(13-19)17-28(26-12-11-24(32)18-40-26,22-14-23(30(34,35)36)16-25(33)15-22)41-27(42)29(43-2,31(37,38)39)21-9-4-3-5-10-21/h3-16,18H,17H2,1-2H3,(H,41,42)/t28-,29+/m1/s1. The largest absolute Gasteiger partial charge is 0.430 e. The van der Waals surface area contributed by atoms with Gasteiger partial charge in [0.2, 0.25) is 0 Å². The zero-order chi connectivity index (χ0) is 31.6. The van der Waals surface area contributed by atoms with Crippen molar-refractivity contribution in [1.82, 2.24) is 10.3 Å². The molecule has 4 nitrogen and oxygen atoms in total. The molecule has 0 saturated heterocycles. The van der Waals surface area contributed by atoms with Gasteiger partial charge in [-0.1, -0.05) is 71.8 Å². The molecule has 1 aromatic heterocycles. The van der Waals surface area contributed by atoms with Gasteiger partial charge < -0.3 is 10.1 Å². The second-order valence-electron chi connectivity index (χ2n) is 9.86. The average molecular weight is 625 g/mol. The van der Waals surface area contributed by atoms with E-state index in [-0.39, 0.29) is 16.8 Å². The second kappa shape index (κ2) is 12.0. The fourth-order valence-corrected chi connectivity index (χ4v) is 5.09. The highest BCUT2D eigenvalue weighted by Crippen LogP contribution is 2.45. The maximum Gasteiger partial charge on any atom is 0.430 e.